The van der Waals surface area contributed by atoms with Crippen molar-refractivity contribution < 1.29 is 19.1 Å². The normalized spacial score (nSPS) is 18.3. The van der Waals surface area contributed by atoms with Crippen molar-refractivity contribution in [3.05, 3.63) is 88.9 Å². The second kappa shape index (κ2) is 7.21. The highest BCUT2D eigenvalue weighted by Crippen LogP contribution is 2.44. The molecule has 1 atom stereocenters. The number of benzene rings is 2. The van der Waals surface area contributed by atoms with Gasteiger partial charge in [-0.3, -0.25) is 14.5 Å². The van der Waals surface area contributed by atoms with E-state index in [1.807, 2.05) is 44.2 Å². The van der Waals surface area contributed by atoms with Gasteiger partial charge in [-0.25, -0.2) is 4.98 Å². The summed E-state index contributed by atoms with van der Waals surface area (Å²) in [7, 11) is 0. The number of fused-ring (bicyclic) bond motifs is 1. The fourth-order valence-electron chi connectivity index (χ4n) is 3.74. The lowest BCUT2D eigenvalue weighted by molar-refractivity contribution is -0.132. The summed E-state index contributed by atoms with van der Waals surface area (Å²) in [6.07, 6.45) is 1.48. The molecule has 1 amide bonds. The number of aliphatic hydroxyl groups excluding tert-OH is 1. The van der Waals surface area contributed by atoms with E-state index in [0.717, 1.165) is 21.3 Å². The van der Waals surface area contributed by atoms with E-state index in [1.54, 1.807) is 24.3 Å². The van der Waals surface area contributed by atoms with E-state index in [-0.39, 0.29) is 11.3 Å². The molecule has 4 aromatic rings. The lowest BCUT2D eigenvalue weighted by Crippen LogP contribution is -2.29. The van der Waals surface area contributed by atoms with E-state index < -0.39 is 17.7 Å². The molecular weight excluding hydrogens is 412 g/mol. The van der Waals surface area contributed by atoms with E-state index in [9.17, 15) is 14.7 Å². The molecule has 1 aliphatic heterocycles. The van der Waals surface area contributed by atoms with E-state index in [2.05, 4.69) is 4.98 Å². The Morgan fingerprint density at radius 1 is 1.06 bits per heavy atom. The molecule has 31 heavy (non-hydrogen) atoms. The highest BCUT2D eigenvalue weighted by Gasteiger charge is 2.49. The predicted molar refractivity (Wildman–Crippen MR) is 119 cm³/mol. The lowest BCUT2D eigenvalue weighted by atomic mass is 9.99. The number of aliphatic hydroxyl groups is 1. The van der Waals surface area contributed by atoms with E-state index in [0.29, 0.717) is 16.5 Å². The molecule has 1 aliphatic rings. The molecule has 7 heteroatoms. The number of carbonyl (C=O) groups is 2. The van der Waals surface area contributed by atoms with Gasteiger partial charge < -0.3 is 9.52 Å². The average molecular weight is 430 g/mol. The van der Waals surface area contributed by atoms with Crippen LogP contribution in [0.5, 0.6) is 0 Å². The molecule has 2 aromatic carbocycles. The molecule has 0 aliphatic carbocycles. The first kappa shape index (κ1) is 19.3. The number of rotatable bonds is 3. The Balaban J connectivity index is 1.71. The minimum absolute atomic E-state index is 0.0146. The Hall–Kier alpha value is -3.71. The maximum absolute atomic E-state index is 13.1. The monoisotopic (exact) mass is 430 g/mol. The smallest absolute Gasteiger partial charge is 0.302 e. The molecule has 6 nitrogen and oxygen atoms in total. The SMILES string of the molecule is Cc1ccc(/C(O)=C2\C(=O)C(=O)N(c3nc4ccc(C)cc4s3)C2c2ccco2)cc1. The van der Waals surface area contributed by atoms with Crippen molar-refractivity contribution in [3.8, 4) is 0 Å². The van der Waals surface area contributed by atoms with Crippen molar-refractivity contribution in [1.29, 1.82) is 0 Å². The van der Waals surface area contributed by atoms with E-state index >= 15 is 0 Å². The Labute approximate surface area is 182 Å². The molecule has 0 radical (unpaired) electrons. The van der Waals surface area contributed by atoms with Crippen LogP contribution in [0.15, 0.2) is 70.9 Å². The Kier molecular flexibility index (Phi) is 4.48. The first-order valence-corrected chi connectivity index (χ1v) is 10.5. The van der Waals surface area contributed by atoms with Crippen LogP contribution in [-0.2, 0) is 9.59 Å². The fourth-order valence-corrected chi connectivity index (χ4v) is 4.83. The van der Waals surface area contributed by atoms with Gasteiger partial charge in [-0.15, -0.1) is 0 Å². The molecule has 1 unspecified atom stereocenters. The number of nitrogens with zero attached hydrogens (tertiary/aromatic N) is 2. The van der Waals surface area contributed by atoms with E-state index in [1.165, 1.54) is 22.5 Å². The fraction of sp³-hybridized carbons (Fsp3) is 0.125. The van der Waals surface area contributed by atoms with Crippen molar-refractivity contribution in [1.82, 2.24) is 4.98 Å². The number of furan rings is 1. The second-order valence-corrected chi connectivity index (χ2v) is 8.53. The third-order valence-corrected chi connectivity index (χ3v) is 6.34. The molecule has 3 heterocycles. The summed E-state index contributed by atoms with van der Waals surface area (Å²) >= 11 is 1.32. The molecule has 0 spiro atoms. The van der Waals surface area contributed by atoms with Gasteiger partial charge in [0.1, 0.15) is 17.6 Å². The summed E-state index contributed by atoms with van der Waals surface area (Å²) in [5.74, 6) is -1.37. The van der Waals surface area contributed by atoms with Crippen LogP contribution in [0.2, 0.25) is 0 Å². The zero-order chi connectivity index (χ0) is 21.7. The third kappa shape index (κ3) is 3.14. The van der Waals surface area contributed by atoms with Gasteiger partial charge in [0.25, 0.3) is 5.78 Å². The van der Waals surface area contributed by atoms with Crippen molar-refractivity contribution in [2.75, 3.05) is 4.90 Å². The Bertz CT molecular complexity index is 1350. The van der Waals surface area contributed by atoms with Crippen LogP contribution >= 0.6 is 11.3 Å². The van der Waals surface area contributed by atoms with Crippen LogP contribution < -0.4 is 4.90 Å². The number of Topliss-reactive ketones (excluding diaryl/α,β-unsaturated/α-hetero) is 1. The molecule has 2 aromatic heterocycles. The summed E-state index contributed by atoms with van der Waals surface area (Å²) < 4.78 is 6.49. The quantitative estimate of drug-likeness (QED) is 0.277. The van der Waals surface area contributed by atoms with Crippen molar-refractivity contribution in [2.45, 2.75) is 19.9 Å². The van der Waals surface area contributed by atoms with Gasteiger partial charge in [-0.05, 0) is 43.7 Å². The summed E-state index contributed by atoms with van der Waals surface area (Å²) in [5, 5.41) is 11.4. The Morgan fingerprint density at radius 2 is 1.81 bits per heavy atom. The van der Waals surface area contributed by atoms with Crippen molar-refractivity contribution >= 4 is 44.1 Å². The third-order valence-electron chi connectivity index (χ3n) is 5.32. The van der Waals surface area contributed by atoms with Crippen LogP contribution in [0.4, 0.5) is 5.13 Å². The minimum Gasteiger partial charge on any atom is -0.507 e. The standard InChI is InChI=1S/C24H18N2O4S/c1-13-5-8-15(9-6-13)21(27)19-20(17-4-3-11-30-17)26(23(29)22(19)28)24-25-16-10-7-14(2)12-18(16)31-24/h3-12,20,27H,1-2H3/b21-19+. The van der Waals surface area contributed by atoms with Crippen molar-refractivity contribution in [3.63, 3.8) is 0 Å². The largest absolute Gasteiger partial charge is 0.507 e. The maximum atomic E-state index is 13.1. The summed E-state index contributed by atoms with van der Waals surface area (Å²) in [6.45, 7) is 3.91. The number of thiazole rings is 1. The lowest BCUT2D eigenvalue weighted by Gasteiger charge is -2.20. The van der Waals surface area contributed by atoms with Crippen LogP contribution in [0, 0.1) is 13.8 Å². The van der Waals surface area contributed by atoms with Gasteiger partial charge in [0.2, 0.25) is 0 Å². The van der Waals surface area contributed by atoms with Gasteiger partial charge in [0, 0.05) is 5.56 Å². The van der Waals surface area contributed by atoms with Crippen molar-refractivity contribution in [2.24, 2.45) is 0 Å². The number of amides is 1. The van der Waals surface area contributed by atoms with Gasteiger partial charge in [0.05, 0.1) is 22.1 Å². The van der Waals surface area contributed by atoms with Crippen LogP contribution in [-0.4, -0.2) is 21.8 Å². The zero-order valence-electron chi connectivity index (χ0n) is 16.8. The van der Waals surface area contributed by atoms with Crippen LogP contribution in [0.1, 0.15) is 28.5 Å². The molecule has 5 rings (SSSR count). The summed E-state index contributed by atoms with van der Waals surface area (Å²) in [4.78, 5) is 32.1. The number of carbonyl (C=O) groups excluding carboxylic acids is 2. The van der Waals surface area contributed by atoms with Crippen LogP contribution in [0.3, 0.4) is 0 Å². The number of hydrogen-bond donors (Lipinski definition) is 1. The molecule has 0 bridgehead atoms. The van der Waals surface area contributed by atoms with Gasteiger partial charge >= 0.3 is 5.91 Å². The number of hydrogen-bond acceptors (Lipinski definition) is 6. The summed E-state index contributed by atoms with van der Waals surface area (Å²) in [6, 6.07) is 15.4. The van der Waals surface area contributed by atoms with Crippen LogP contribution in [0.25, 0.3) is 16.0 Å². The summed E-state index contributed by atoms with van der Waals surface area (Å²) in [5.41, 5.74) is 3.28. The number of aryl methyl sites for hydroxylation is 2. The number of ketones is 1. The highest BCUT2D eigenvalue weighted by atomic mass is 32.1. The molecule has 0 saturated carbocycles. The van der Waals surface area contributed by atoms with Gasteiger partial charge in [-0.2, -0.15) is 0 Å². The first-order valence-electron chi connectivity index (χ1n) is 9.72. The zero-order valence-corrected chi connectivity index (χ0v) is 17.6. The maximum Gasteiger partial charge on any atom is 0.302 e. The number of anilines is 1. The van der Waals surface area contributed by atoms with Gasteiger partial charge in [-0.1, -0.05) is 47.2 Å². The topological polar surface area (TPSA) is 83.6 Å². The number of aromatic nitrogens is 1. The molecule has 1 N–H and O–H groups in total. The molecular formula is C24H18N2O4S. The minimum atomic E-state index is -0.905. The first-order chi connectivity index (χ1) is 14.9. The Morgan fingerprint density at radius 3 is 2.52 bits per heavy atom. The van der Waals surface area contributed by atoms with E-state index in [4.69, 9.17) is 4.42 Å². The van der Waals surface area contributed by atoms with Gasteiger partial charge in [0.15, 0.2) is 5.13 Å². The predicted octanol–water partition coefficient (Wildman–Crippen LogP) is 5.13. The molecule has 1 fully saturated rings. The average Bonchev–Trinajstić information content (AvgIpc) is 3.47. The molecule has 1 saturated heterocycles. The molecule has 154 valence electrons. The second-order valence-electron chi connectivity index (χ2n) is 7.52. The highest BCUT2D eigenvalue weighted by molar-refractivity contribution is 7.22.